The molecule has 0 aromatic carbocycles. The summed E-state index contributed by atoms with van der Waals surface area (Å²) in [4.78, 5) is 11.8. The van der Waals surface area contributed by atoms with Crippen LogP contribution < -0.4 is 5.32 Å². The molecule has 0 radical (unpaired) electrons. The second kappa shape index (κ2) is 4.72. The SMILES string of the molecule is CC1(C)CCC(NC(=O)C(C)(C)CF)CC1. The minimum atomic E-state index is -0.882. The Hall–Kier alpha value is -0.600. The third kappa shape index (κ3) is 3.46. The fraction of sp³-hybridized carbons (Fsp3) is 0.923. The number of amides is 1. The summed E-state index contributed by atoms with van der Waals surface area (Å²) in [6.07, 6.45) is 4.30. The van der Waals surface area contributed by atoms with Crippen molar-refractivity contribution in [3.05, 3.63) is 0 Å². The quantitative estimate of drug-likeness (QED) is 0.791. The number of rotatable bonds is 3. The number of nitrogens with one attached hydrogen (secondary N) is 1. The molecule has 1 aliphatic carbocycles. The van der Waals surface area contributed by atoms with Crippen molar-refractivity contribution in [2.75, 3.05) is 6.67 Å². The van der Waals surface area contributed by atoms with E-state index in [1.54, 1.807) is 13.8 Å². The van der Waals surface area contributed by atoms with Gasteiger partial charge in [-0.1, -0.05) is 13.8 Å². The summed E-state index contributed by atoms with van der Waals surface area (Å²) in [5.41, 5.74) is -0.482. The molecule has 16 heavy (non-hydrogen) atoms. The van der Waals surface area contributed by atoms with Crippen molar-refractivity contribution in [2.45, 2.75) is 59.4 Å². The van der Waals surface area contributed by atoms with Gasteiger partial charge in [-0.15, -0.1) is 0 Å². The lowest BCUT2D eigenvalue weighted by molar-refractivity contribution is -0.131. The van der Waals surface area contributed by atoms with Crippen LogP contribution in [0.3, 0.4) is 0 Å². The summed E-state index contributed by atoms with van der Waals surface area (Å²) >= 11 is 0. The van der Waals surface area contributed by atoms with Gasteiger partial charge in [-0.2, -0.15) is 0 Å². The lowest BCUT2D eigenvalue weighted by Gasteiger charge is -2.35. The van der Waals surface area contributed by atoms with Gasteiger partial charge in [0.1, 0.15) is 6.67 Å². The van der Waals surface area contributed by atoms with Gasteiger partial charge in [0.2, 0.25) is 5.91 Å². The highest BCUT2D eigenvalue weighted by Crippen LogP contribution is 2.35. The van der Waals surface area contributed by atoms with Gasteiger partial charge in [0.05, 0.1) is 5.41 Å². The van der Waals surface area contributed by atoms with Gasteiger partial charge in [-0.3, -0.25) is 4.79 Å². The molecule has 0 heterocycles. The first-order valence-corrected chi connectivity index (χ1v) is 6.14. The van der Waals surface area contributed by atoms with Crippen molar-refractivity contribution in [2.24, 2.45) is 10.8 Å². The fourth-order valence-electron chi connectivity index (χ4n) is 1.99. The predicted molar refractivity (Wildman–Crippen MR) is 63.9 cm³/mol. The Morgan fingerprint density at radius 3 is 2.31 bits per heavy atom. The number of carbonyl (C=O) groups is 1. The van der Waals surface area contributed by atoms with E-state index in [-0.39, 0.29) is 11.9 Å². The van der Waals surface area contributed by atoms with Gasteiger partial charge >= 0.3 is 0 Å². The molecule has 0 bridgehead atoms. The summed E-state index contributed by atoms with van der Waals surface area (Å²) in [6.45, 7) is 7.22. The second-order valence-corrected chi connectivity index (χ2v) is 6.43. The molecule has 0 unspecified atom stereocenters. The van der Waals surface area contributed by atoms with Crippen molar-refractivity contribution in [3.8, 4) is 0 Å². The minimum absolute atomic E-state index is 0.153. The molecular formula is C13H24FNO. The summed E-state index contributed by atoms with van der Waals surface area (Å²) in [6, 6.07) is 0.242. The first kappa shape index (κ1) is 13.5. The Morgan fingerprint density at radius 2 is 1.88 bits per heavy atom. The molecule has 1 N–H and O–H groups in total. The van der Waals surface area contributed by atoms with Crippen molar-refractivity contribution >= 4 is 5.91 Å². The Kier molecular flexibility index (Phi) is 3.97. The van der Waals surface area contributed by atoms with E-state index in [2.05, 4.69) is 19.2 Å². The van der Waals surface area contributed by atoms with E-state index in [9.17, 15) is 9.18 Å². The first-order chi connectivity index (χ1) is 7.27. The molecule has 0 spiro atoms. The average Bonchev–Trinajstić information content (AvgIpc) is 2.21. The van der Waals surface area contributed by atoms with E-state index < -0.39 is 12.1 Å². The van der Waals surface area contributed by atoms with Crippen molar-refractivity contribution < 1.29 is 9.18 Å². The van der Waals surface area contributed by atoms with Gasteiger partial charge in [0.25, 0.3) is 0 Å². The van der Waals surface area contributed by atoms with Gasteiger partial charge in [-0.05, 0) is 44.9 Å². The zero-order valence-corrected chi connectivity index (χ0v) is 10.9. The standard InChI is InChI=1S/C13H24FNO/c1-12(2)7-5-10(6-8-12)15-11(16)13(3,4)9-14/h10H,5-9H2,1-4H3,(H,15,16). The van der Waals surface area contributed by atoms with Crippen LogP contribution in [0.2, 0.25) is 0 Å². The smallest absolute Gasteiger partial charge is 0.228 e. The number of halogens is 1. The van der Waals surface area contributed by atoms with Gasteiger partial charge in [0.15, 0.2) is 0 Å². The van der Waals surface area contributed by atoms with Gasteiger partial charge in [-0.25, -0.2) is 4.39 Å². The Labute approximate surface area is 98.0 Å². The predicted octanol–water partition coefficient (Wildman–Crippen LogP) is 3.07. The molecule has 0 saturated heterocycles. The highest BCUT2D eigenvalue weighted by molar-refractivity contribution is 5.82. The molecule has 94 valence electrons. The number of hydrogen-bond acceptors (Lipinski definition) is 1. The van der Waals surface area contributed by atoms with Gasteiger partial charge < -0.3 is 5.32 Å². The summed E-state index contributed by atoms with van der Waals surface area (Å²) in [5.74, 6) is -0.153. The van der Waals surface area contributed by atoms with Crippen LogP contribution in [0.25, 0.3) is 0 Å². The molecule has 0 aromatic rings. The molecule has 1 amide bonds. The topological polar surface area (TPSA) is 29.1 Å². The maximum absolute atomic E-state index is 12.6. The molecule has 1 saturated carbocycles. The number of hydrogen-bond donors (Lipinski definition) is 1. The highest BCUT2D eigenvalue weighted by atomic mass is 19.1. The van der Waals surface area contributed by atoms with E-state index in [1.807, 2.05) is 0 Å². The summed E-state index contributed by atoms with van der Waals surface area (Å²) in [7, 11) is 0. The van der Waals surface area contributed by atoms with Crippen LogP contribution in [0.4, 0.5) is 4.39 Å². The zero-order chi connectivity index (χ0) is 12.4. The highest BCUT2D eigenvalue weighted by Gasteiger charge is 2.32. The lowest BCUT2D eigenvalue weighted by atomic mass is 9.75. The van der Waals surface area contributed by atoms with Crippen LogP contribution in [-0.4, -0.2) is 18.6 Å². The van der Waals surface area contributed by atoms with Crippen LogP contribution in [0.15, 0.2) is 0 Å². The van der Waals surface area contributed by atoms with Crippen LogP contribution in [0, 0.1) is 10.8 Å². The monoisotopic (exact) mass is 229 g/mol. The maximum atomic E-state index is 12.6. The molecule has 1 rings (SSSR count). The second-order valence-electron chi connectivity index (χ2n) is 6.43. The van der Waals surface area contributed by atoms with Crippen molar-refractivity contribution in [3.63, 3.8) is 0 Å². The van der Waals surface area contributed by atoms with E-state index in [0.29, 0.717) is 5.41 Å². The Bertz CT molecular complexity index is 251. The van der Waals surface area contributed by atoms with Crippen LogP contribution in [0.1, 0.15) is 53.4 Å². The van der Waals surface area contributed by atoms with E-state index in [1.165, 1.54) is 0 Å². The van der Waals surface area contributed by atoms with E-state index in [4.69, 9.17) is 0 Å². The molecule has 1 fully saturated rings. The minimum Gasteiger partial charge on any atom is -0.353 e. The van der Waals surface area contributed by atoms with Crippen molar-refractivity contribution in [1.82, 2.24) is 5.32 Å². The fourth-order valence-corrected chi connectivity index (χ4v) is 1.99. The average molecular weight is 229 g/mol. The molecule has 1 aliphatic rings. The molecule has 2 nitrogen and oxygen atoms in total. The molecular weight excluding hydrogens is 205 g/mol. The Balaban J connectivity index is 2.43. The third-order valence-electron chi connectivity index (χ3n) is 3.62. The van der Waals surface area contributed by atoms with E-state index in [0.717, 1.165) is 25.7 Å². The van der Waals surface area contributed by atoms with Crippen LogP contribution >= 0.6 is 0 Å². The number of alkyl halides is 1. The van der Waals surface area contributed by atoms with Crippen LogP contribution in [0.5, 0.6) is 0 Å². The zero-order valence-electron chi connectivity index (χ0n) is 10.9. The first-order valence-electron chi connectivity index (χ1n) is 6.14. The van der Waals surface area contributed by atoms with Gasteiger partial charge in [0, 0.05) is 6.04 Å². The van der Waals surface area contributed by atoms with Crippen LogP contribution in [-0.2, 0) is 4.79 Å². The normalized spacial score (nSPS) is 21.8. The van der Waals surface area contributed by atoms with Crippen molar-refractivity contribution in [1.29, 1.82) is 0 Å². The molecule has 3 heteroatoms. The third-order valence-corrected chi connectivity index (χ3v) is 3.62. The number of carbonyl (C=O) groups excluding carboxylic acids is 1. The Morgan fingerprint density at radius 1 is 1.38 bits per heavy atom. The van der Waals surface area contributed by atoms with E-state index >= 15 is 0 Å². The molecule has 0 atom stereocenters. The molecule has 0 aliphatic heterocycles. The lowest BCUT2D eigenvalue weighted by Crippen LogP contribution is -2.45. The molecule has 0 aromatic heterocycles. The largest absolute Gasteiger partial charge is 0.353 e. The maximum Gasteiger partial charge on any atom is 0.228 e. The summed E-state index contributed by atoms with van der Waals surface area (Å²) < 4.78 is 12.6. The summed E-state index contributed by atoms with van der Waals surface area (Å²) in [5, 5.41) is 2.97.